The van der Waals surface area contributed by atoms with Crippen LogP contribution >= 0.6 is 0 Å². The maximum atomic E-state index is 12.1. The molecule has 2 aliphatic heterocycles. The van der Waals surface area contributed by atoms with E-state index in [1.54, 1.807) is 0 Å². The Bertz CT molecular complexity index is 392. The fourth-order valence-electron chi connectivity index (χ4n) is 3.54. The van der Waals surface area contributed by atoms with E-state index in [4.69, 9.17) is 9.90 Å². The molecule has 0 aromatic heterocycles. The van der Waals surface area contributed by atoms with Gasteiger partial charge in [0.2, 0.25) is 5.91 Å². The molecule has 2 aliphatic rings. The number of likely N-dealkylation sites (tertiary alicyclic amines) is 2. The van der Waals surface area contributed by atoms with E-state index in [0.717, 1.165) is 51.9 Å². The Labute approximate surface area is 145 Å². The SMILES string of the molecule is CC/C=C/CC(=O)N1CCC(N2CCCC(CO)C2)CC1.O=CO. The number of carbonyl (C=O) groups excluding carboxylic acids is 1. The van der Waals surface area contributed by atoms with Crippen LogP contribution in [0.1, 0.15) is 45.4 Å². The van der Waals surface area contributed by atoms with Crippen molar-refractivity contribution in [1.29, 1.82) is 0 Å². The molecule has 0 spiro atoms. The maximum Gasteiger partial charge on any atom is 0.290 e. The molecule has 6 nitrogen and oxygen atoms in total. The van der Waals surface area contributed by atoms with E-state index in [-0.39, 0.29) is 12.4 Å². The van der Waals surface area contributed by atoms with Crippen LogP contribution in [-0.4, -0.2) is 71.2 Å². The topological polar surface area (TPSA) is 81.1 Å². The second kappa shape index (κ2) is 12.0. The van der Waals surface area contributed by atoms with Crippen LogP contribution in [0.3, 0.4) is 0 Å². The Balaban J connectivity index is 0.000000891. The summed E-state index contributed by atoms with van der Waals surface area (Å²) in [6.07, 6.45) is 10.1. The molecular weight excluding hydrogens is 308 g/mol. The first-order chi connectivity index (χ1) is 11.7. The Morgan fingerprint density at radius 3 is 2.42 bits per heavy atom. The lowest BCUT2D eigenvalue weighted by Gasteiger charge is -2.42. The third kappa shape index (κ3) is 7.01. The summed E-state index contributed by atoms with van der Waals surface area (Å²) in [5.74, 6) is 0.725. The van der Waals surface area contributed by atoms with Gasteiger partial charge in [-0.25, -0.2) is 0 Å². The molecule has 2 N–H and O–H groups in total. The summed E-state index contributed by atoms with van der Waals surface area (Å²) >= 11 is 0. The normalized spacial score (nSPS) is 22.9. The van der Waals surface area contributed by atoms with Gasteiger partial charge in [0.25, 0.3) is 6.47 Å². The molecule has 0 saturated carbocycles. The smallest absolute Gasteiger partial charge is 0.290 e. The van der Waals surface area contributed by atoms with E-state index >= 15 is 0 Å². The third-order valence-electron chi connectivity index (χ3n) is 4.84. The Morgan fingerprint density at radius 1 is 1.17 bits per heavy atom. The molecule has 1 unspecified atom stereocenters. The van der Waals surface area contributed by atoms with E-state index in [1.807, 2.05) is 11.0 Å². The lowest BCUT2D eigenvalue weighted by molar-refractivity contribution is -0.132. The van der Waals surface area contributed by atoms with Crippen molar-refractivity contribution in [2.24, 2.45) is 5.92 Å². The van der Waals surface area contributed by atoms with Gasteiger partial charge in [-0.15, -0.1) is 0 Å². The minimum Gasteiger partial charge on any atom is -0.483 e. The van der Waals surface area contributed by atoms with Crippen LogP contribution < -0.4 is 0 Å². The Morgan fingerprint density at radius 2 is 1.83 bits per heavy atom. The number of aliphatic hydroxyl groups excluding tert-OH is 1. The highest BCUT2D eigenvalue weighted by Crippen LogP contribution is 2.23. The number of carbonyl (C=O) groups is 2. The van der Waals surface area contributed by atoms with Gasteiger partial charge in [0.1, 0.15) is 0 Å². The van der Waals surface area contributed by atoms with Crippen molar-refractivity contribution in [3.05, 3.63) is 12.2 Å². The number of carboxylic acid groups (broad SMARTS) is 1. The Kier molecular flexibility index (Phi) is 10.4. The van der Waals surface area contributed by atoms with Crippen molar-refractivity contribution >= 4 is 12.4 Å². The van der Waals surface area contributed by atoms with Gasteiger partial charge in [-0.2, -0.15) is 0 Å². The average molecular weight is 340 g/mol. The second-order valence-corrected chi connectivity index (χ2v) is 6.49. The molecule has 0 aromatic carbocycles. The van der Waals surface area contributed by atoms with Crippen LogP contribution in [0.25, 0.3) is 0 Å². The van der Waals surface area contributed by atoms with Crippen molar-refractivity contribution < 1.29 is 19.8 Å². The number of aliphatic hydroxyl groups is 1. The van der Waals surface area contributed by atoms with Gasteiger partial charge in [-0.1, -0.05) is 19.1 Å². The zero-order valence-corrected chi connectivity index (χ0v) is 14.8. The molecule has 2 saturated heterocycles. The van der Waals surface area contributed by atoms with Crippen LogP contribution in [-0.2, 0) is 9.59 Å². The fourth-order valence-corrected chi connectivity index (χ4v) is 3.54. The van der Waals surface area contributed by atoms with Crippen LogP contribution in [0.4, 0.5) is 0 Å². The summed E-state index contributed by atoms with van der Waals surface area (Å²) in [6, 6.07) is 0.606. The van der Waals surface area contributed by atoms with Crippen molar-refractivity contribution in [2.45, 2.75) is 51.5 Å². The molecule has 0 radical (unpaired) electrons. The minimum atomic E-state index is -0.250. The van der Waals surface area contributed by atoms with Gasteiger partial charge < -0.3 is 15.1 Å². The molecule has 0 bridgehead atoms. The van der Waals surface area contributed by atoms with Crippen molar-refractivity contribution in [3.63, 3.8) is 0 Å². The second-order valence-electron chi connectivity index (χ2n) is 6.49. The third-order valence-corrected chi connectivity index (χ3v) is 4.84. The standard InChI is InChI=1S/C17H30N2O2.CH2O2/c1-2-3-4-7-17(21)18-11-8-16(9-12-18)19-10-5-6-15(13-19)14-20;2-1-3/h3-4,15-16,20H,2,5-14H2,1H3;1H,(H,2,3)/b4-3+;. The van der Waals surface area contributed by atoms with Crippen LogP contribution in [0.2, 0.25) is 0 Å². The average Bonchev–Trinajstić information content (AvgIpc) is 2.63. The number of allylic oxidation sites excluding steroid dienone is 1. The molecule has 2 fully saturated rings. The van der Waals surface area contributed by atoms with Crippen LogP contribution in [0.15, 0.2) is 12.2 Å². The van der Waals surface area contributed by atoms with E-state index in [0.29, 0.717) is 25.0 Å². The molecule has 2 heterocycles. The minimum absolute atomic E-state index is 0.250. The first-order valence-electron chi connectivity index (χ1n) is 9.01. The molecule has 6 heteroatoms. The lowest BCUT2D eigenvalue weighted by atomic mass is 9.94. The number of piperidine rings is 2. The molecule has 24 heavy (non-hydrogen) atoms. The Hall–Kier alpha value is -1.40. The first kappa shape index (κ1) is 20.6. The monoisotopic (exact) mass is 340 g/mol. The number of rotatable bonds is 5. The number of hydrogen-bond donors (Lipinski definition) is 2. The first-order valence-corrected chi connectivity index (χ1v) is 9.01. The lowest BCUT2D eigenvalue weighted by Crippen LogP contribution is -2.50. The maximum absolute atomic E-state index is 12.1. The highest BCUT2D eigenvalue weighted by atomic mass is 16.3. The summed E-state index contributed by atoms with van der Waals surface area (Å²) in [7, 11) is 0. The van der Waals surface area contributed by atoms with Gasteiger partial charge in [-0.05, 0) is 44.6 Å². The highest BCUT2D eigenvalue weighted by molar-refractivity contribution is 5.77. The number of hydrogen-bond acceptors (Lipinski definition) is 4. The molecule has 0 aliphatic carbocycles. The molecule has 1 amide bonds. The van der Waals surface area contributed by atoms with Crippen LogP contribution in [0.5, 0.6) is 0 Å². The van der Waals surface area contributed by atoms with Gasteiger partial charge in [0, 0.05) is 38.7 Å². The van der Waals surface area contributed by atoms with Crippen molar-refractivity contribution in [1.82, 2.24) is 9.80 Å². The van der Waals surface area contributed by atoms with Gasteiger partial charge >= 0.3 is 0 Å². The highest BCUT2D eigenvalue weighted by Gasteiger charge is 2.29. The zero-order chi connectivity index (χ0) is 17.8. The molecule has 1 atom stereocenters. The number of nitrogens with zero attached hydrogens (tertiary/aromatic N) is 2. The summed E-state index contributed by atoms with van der Waals surface area (Å²) in [5, 5.41) is 16.2. The van der Waals surface area contributed by atoms with Crippen LogP contribution in [0, 0.1) is 5.92 Å². The summed E-state index contributed by atoms with van der Waals surface area (Å²) in [4.78, 5) is 25.0. The van der Waals surface area contributed by atoms with Crippen molar-refractivity contribution in [2.75, 3.05) is 32.8 Å². The van der Waals surface area contributed by atoms with E-state index in [2.05, 4.69) is 17.9 Å². The van der Waals surface area contributed by atoms with Gasteiger partial charge in [0.05, 0.1) is 0 Å². The predicted octanol–water partition coefficient (Wildman–Crippen LogP) is 1.74. The van der Waals surface area contributed by atoms with E-state index < -0.39 is 0 Å². The van der Waals surface area contributed by atoms with Gasteiger partial charge in [0.15, 0.2) is 0 Å². The summed E-state index contributed by atoms with van der Waals surface area (Å²) in [6.45, 7) is 6.14. The van der Waals surface area contributed by atoms with Crippen molar-refractivity contribution in [3.8, 4) is 0 Å². The predicted molar refractivity (Wildman–Crippen MR) is 93.7 cm³/mol. The van der Waals surface area contributed by atoms with E-state index in [1.165, 1.54) is 6.42 Å². The largest absolute Gasteiger partial charge is 0.483 e. The summed E-state index contributed by atoms with van der Waals surface area (Å²) in [5.41, 5.74) is 0. The quantitative estimate of drug-likeness (QED) is 0.588. The zero-order valence-electron chi connectivity index (χ0n) is 14.8. The molecule has 2 rings (SSSR count). The molecular formula is C18H32N2O4. The molecule has 138 valence electrons. The van der Waals surface area contributed by atoms with E-state index in [9.17, 15) is 9.90 Å². The fraction of sp³-hybridized carbons (Fsp3) is 0.778. The number of amides is 1. The molecule has 0 aromatic rings. The summed E-state index contributed by atoms with van der Waals surface area (Å²) < 4.78 is 0. The van der Waals surface area contributed by atoms with Gasteiger partial charge in [-0.3, -0.25) is 14.5 Å².